The molecule has 9 nitrogen and oxygen atoms in total. The first-order valence-corrected chi connectivity index (χ1v) is 9.27. The molecule has 0 bridgehead atoms. The molecule has 0 atom stereocenters. The van der Waals surface area contributed by atoms with Crippen molar-refractivity contribution in [2.24, 2.45) is 12.0 Å². The quantitative estimate of drug-likeness (QED) is 0.340. The van der Waals surface area contributed by atoms with Crippen LogP contribution in [0.3, 0.4) is 0 Å². The Morgan fingerprint density at radius 3 is 2.88 bits per heavy atom. The fraction of sp³-hybridized carbons (Fsp3) is 0.647. The van der Waals surface area contributed by atoms with Gasteiger partial charge in [0.1, 0.15) is 12.1 Å². The summed E-state index contributed by atoms with van der Waals surface area (Å²) in [5.74, 6) is 1.60. The summed E-state index contributed by atoms with van der Waals surface area (Å²) in [5, 5.41) is 24.8. The zero-order valence-electron chi connectivity index (χ0n) is 15.4. The lowest BCUT2D eigenvalue weighted by Crippen LogP contribution is -2.45. The van der Waals surface area contributed by atoms with Crippen LogP contribution in [0, 0.1) is 0 Å². The molecule has 26 heavy (non-hydrogen) atoms. The Hall–Kier alpha value is -2.42. The molecule has 3 rings (SSSR count). The average molecular weight is 360 g/mol. The second kappa shape index (κ2) is 8.79. The Balaban J connectivity index is 1.53. The number of fused-ring (bicyclic) bond motifs is 1. The summed E-state index contributed by atoms with van der Waals surface area (Å²) < 4.78 is 1.73. The molecule has 2 heterocycles. The number of aliphatic hydroxyl groups excluding tert-OH is 1. The van der Waals surface area contributed by atoms with Crippen LogP contribution >= 0.6 is 0 Å². The Morgan fingerprint density at radius 1 is 1.31 bits per heavy atom. The van der Waals surface area contributed by atoms with Gasteiger partial charge in [0.05, 0.1) is 24.2 Å². The molecular weight excluding hydrogens is 332 g/mol. The number of guanidine groups is 1. The highest BCUT2D eigenvalue weighted by atomic mass is 16.3. The molecule has 0 aromatic carbocycles. The van der Waals surface area contributed by atoms with Crippen LogP contribution in [-0.2, 0) is 7.05 Å². The molecule has 0 aliphatic heterocycles. The standard InChI is InChI=1S/C17H28N8O/c1-3-18-17(24-12-4-6-13(26)7-5-12)20-9-8-19-15-14-10-23-25(2)16(14)22-11-21-15/h10-13,26H,3-9H2,1-2H3,(H2,18,20,24)(H,19,21,22). The first kappa shape index (κ1) is 18.4. The SMILES string of the molecule is CCNC(=NCCNc1ncnc2c1cnn2C)NC1CCC(O)CC1. The molecule has 4 N–H and O–H groups in total. The van der Waals surface area contributed by atoms with Crippen molar-refractivity contribution in [2.45, 2.75) is 44.8 Å². The van der Waals surface area contributed by atoms with Crippen LogP contribution in [0.4, 0.5) is 5.82 Å². The van der Waals surface area contributed by atoms with Gasteiger partial charge in [-0.25, -0.2) is 9.97 Å². The zero-order chi connectivity index (χ0) is 18.4. The van der Waals surface area contributed by atoms with Crippen molar-refractivity contribution in [1.82, 2.24) is 30.4 Å². The maximum atomic E-state index is 9.62. The number of rotatable bonds is 6. The lowest BCUT2D eigenvalue weighted by Gasteiger charge is -2.27. The lowest BCUT2D eigenvalue weighted by molar-refractivity contribution is 0.120. The second-order valence-electron chi connectivity index (χ2n) is 6.56. The van der Waals surface area contributed by atoms with Gasteiger partial charge in [0.15, 0.2) is 11.6 Å². The van der Waals surface area contributed by atoms with Crippen LogP contribution in [0.25, 0.3) is 11.0 Å². The van der Waals surface area contributed by atoms with Gasteiger partial charge in [0.25, 0.3) is 0 Å². The third kappa shape index (κ3) is 4.60. The minimum absolute atomic E-state index is 0.144. The van der Waals surface area contributed by atoms with Crippen LogP contribution < -0.4 is 16.0 Å². The number of anilines is 1. The van der Waals surface area contributed by atoms with Gasteiger partial charge in [-0.2, -0.15) is 5.10 Å². The third-order valence-corrected chi connectivity index (χ3v) is 4.59. The number of aliphatic imine (C=N–C) groups is 1. The van der Waals surface area contributed by atoms with Gasteiger partial charge in [-0.15, -0.1) is 0 Å². The van der Waals surface area contributed by atoms with Gasteiger partial charge >= 0.3 is 0 Å². The van der Waals surface area contributed by atoms with Crippen molar-refractivity contribution in [3.63, 3.8) is 0 Å². The summed E-state index contributed by atoms with van der Waals surface area (Å²) in [6.07, 6.45) is 6.82. The third-order valence-electron chi connectivity index (χ3n) is 4.59. The Morgan fingerprint density at radius 2 is 2.12 bits per heavy atom. The number of aryl methyl sites for hydroxylation is 1. The molecule has 0 saturated heterocycles. The van der Waals surface area contributed by atoms with Crippen LogP contribution in [-0.4, -0.2) is 62.6 Å². The molecule has 1 fully saturated rings. The highest BCUT2D eigenvalue weighted by Gasteiger charge is 2.19. The van der Waals surface area contributed by atoms with Crippen molar-refractivity contribution in [3.05, 3.63) is 12.5 Å². The Labute approximate surface area is 153 Å². The Bertz CT molecular complexity index is 735. The molecular formula is C17H28N8O. The van der Waals surface area contributed by atoms with E-state index in [4.69, 9.17) is 0 Å². The van der Waals surface area contributed by atoms with Crippen LogP contribution in [0.2, 0.25) is 0 Å². The van der Waals surface area contributed by atoms with Crippen molar-refractivity contribution in [2.75, 3.05) is 25.0 Å². The number of hydrogen-bond acceptors (Lipinski definition) is 6. The van der Waals surface area contributed by atoms with Crippen molar-refractivity contribution in [1.29, 1.82) is 0 Å². The zero-order valence-corrected chi connectivity index (χ0v) is 15.4. The predicted molar refractivity (Wildman–Crippen MR) is 102 cm³/mol. The smallest absolute Gasteiger partial charge is 0.191 e. The summed E-state index contributed by atoms with van der Waals surface area (Å²) in [6.45, 7) is 4.16. The van der Waals surface area contributed by atoms with Gasteiger partial charge in [-0.1, -0.05) is 0 Å². The summed E-state index contributed by atoms with van der Waals surface area (Å²) in [5.41, 5.74) is 0.806. The molecule has 0 spiro atoms. The molecule has 1 aliphatic carbocycles. The maximum Gasteiger partial charge on any atom is 0.191 e. The van der Waals surface area contributed by atoms with Crippen molar-refractivity contribution in [3.8, 4) is 0 Å². The van der Waals surface area contributed by atoms with Gasteiger partial charge in [0.2, 0.25) is 0 Å². The van der Waals surface area contributed by atoms with E-state index in [1.165, 1.54) is 0 Å². The van der Waals surface area contributed by atoms with E-state index in [0.29, 0.717) is 19.1 Å². The maximum absolute atomic E-state index is 9.62. The molecule has 0 unspecified atom stereocenters. The largest absolute Gasteiger partial charge is 0.393 e. The van der Waals surface area contributed by atoms with E-state index in [0.717, 1.165) is 55.0 Å². The summed E-state index contributed by atoms with van der Waals surface area (Å²) in [6, 6.07) is 0.376. The number of aromatic nitrogens is 4. The van der Waals surface area contributed by atoms with Gasteiger partial charge < -0.3 is 21.1 Å². The van der Waals surface area contributed by atoms with Crippen LogP contribution in [0.15, 0.2) is 17.5 Å². The minimum atomic E-state index is -0.144. The summed E-state index contributed by atoms with van der Waals surface area (Å²) in [7, 11) is 1.86. The van der Waals surface area contributed by atoms with Crippen molar-refractivity contribution < 1.29 is 5.11 Å². The fourth-order valence-electron chi connectivity index (χ4n) is 3.18. The minimum Gasteiger partial charge on any atom is -0.393 e. The van der Waals surface area contributed by atoms with Gasteiger partial charge in [0, 0.05) is 26.2 Å². The number of hydrogen-bond donors (Lipinski definition) is 4. The van der Waals surface area contributed by atoms with E-state index in [-0.39, 0.29) is 6.10 Å². The first-order valence-electron chi connectivity index (χ1n) is 9.27. The molecule has 0 radical (unpaired) electrons. The normalized spacial score (nSPS) is 21.0. The highest BCUT2D eigenvalue weighted by molar-refractivity contribution is 5.86. The van der Waals surface area contributed by atoms with Crippen LogP contribution in [0.5, 0.6) is 0 Å². The second-order valence-corrected chi connectivity index (χ2v) is 6.56. The number of nitrogens with zero attached hydrogens (tertiary/aromatic N) is 5. The molecule has 2 aromatic heterocycles. The lowest BCUT2D eigenvalue weighted by atomic mass is 9.93. The van der Waals surface area contributed by atoms with Crippen molar-refractivity contribution >= 4 is 22.8 Å². The molecule has 0 amide bonds. The molecule has 1 aliphatic rings. The van der Waals surface area contributed by atoms with E-state index in [9.17, 15) is 5.11 Å². The fourth-order valence-corrected chi connectivity index (χ4v) is 3.18. The summed E-state index contributed by atoms with van der Waals surface area (Å²) >= 11 is 0. The van der Waals surface area contributed by atoms with E-state index in [1.807, 2.05) is 7.05 Å². The Kier molecular flexibility index (Phi) is 6.21. The molecule has 142 valence electrons. The van der Waals surface area contributed by atoms with Crippen LogP contribution in [0.1, 0.15) is 32.6 Å². The monoisotopic (exact) mass is 360 g/mol. The van der Waals surface area contributed by atoms with Gasteiger partial charge in [-0.3, -0.25) is 9.67 Å². The van der Waals surface area contributed by atoms with E-state index >= 15 is 0 Å². The number of aliphatic hydroxyl groups is 1. The molecule has 2 aromatic rings. The average Bonchev–Trinajstić information content (AvgIpc) is 3.03. The van der Waals surface area contributed by atoms with E-state index in [1.54, 1.807) is 17.2 Å². The molecule has 9 heteroatoms. The topological polar surface area (TPSA) is 112 Å². The molecule has 1 saturated carbocycles. The van der Waals surface area contributed by atoms with Gasteiger partial charge in [-0.05, 0) is 32.6 Å². The number of nitrogens with one attached hydrogen (secondary N) is 3. The predicted octanol–water partition coefficient (Wildman–Crippen LogP) is 0.634. The highest BCUT2D eigenvalue weighted by Crippen LogP contribution is 2.18. The van der Waals surface area contributed by atoms with E-state index in [2.05, 4.69) is 42.9 Å². The first-order chi connectivity index (χ1) is 12.7. The summed E-state index contributed by atoms with van der Waals surface area (Å²) in [4.78, 5) is 13.2. The van der Waals surface area contributed by atoms with E-state index < -0.39 is 0 Å².